The van der Waals surface area contributed by atoms with Gasteiger partial charge in [0, 0.05) is 12.6 Å². The number of hydrogen-bond donors (Lipinski definition) is 1. The van der Waals surface area contributed by atoms with E-state index >= 15 is 0 Å². The van der Waals surface area contributed by atoms with Crippen LogP contribution in [0.4, 0.5) is 0 Å². The van der Waals surface area contributed by atoms with Crippen molar-refractivity contribution in [1.82, 2.24) is 4.90 Å². The van der Waals surface area contributed by atoms with Gasteiger partial charge in [-0.1, -0.05) is 6.92 Å². The number of aryl methyl sites for hydroxylation is 1. The van der Waals surface area contributed by atoms with Crippen molar-refractivity contribution >= 4 is 0 Å². The topological polar surface area (TPSA) is 42.4 Å². The van der Waals surface area contributed by atoms with Crippen molar-refractivity contribution in [3.8, 4) is 0 Å². The first-order valence-electron chi connectivity index (χ1n) is 7.04. The minimum absolute atomic E-state index is 0.377. The van der Waals surface area contributed by atoms with Crippen LogP contribution in [0.1, 0.15) is 37.7 Å². The van der Waals surface area contributed by atoms with Gasteiger partial charge < -0.3 is 10.2 Å². The lowest BCUT2D eigenvalue weighted by atomic mass is 9.79. The maximum absolute atomic E-state index is 6.24. The Labute approximate surface area is 110 Å². The van der Waals surface area contributed by atoms with E-state index in [0.29, 0.717) is 12.0 Å². The second-order valence-electron chi connectivity index (χ2n) is 6.05. The third-order valence-corrected chi connectivity index (χ3v) is 4.07. The molecule has 1 fully saturated rings. The standard InChI is InChI=1S/C15H26N2O/c1-11-4-7-15(16)13(8-11)9-17(3)10-14-6-5-12(2)18-14/h5-6,11,13,15H,4,7-10,16H2,1-3H3. The number of rotatable bonds is 4. The van der Waals surface area contributed by atoms with Crippen molar-refractivity contribution in [2.45, 2.75) is 45.7 Å². The van der Waals surface area contributed by atoms with Crippen molar-refractivity contribution in [3.05, 3.63) is 23.7 Å². The highest BCUT2D eigenvalue weighted by molar-refractivity contribution is 5.05. The molecule has 1 saturated carbocycles. The summed E-state index contributed by atoms with van der Waals surface area (Å²) >= 11 is 0. The van der Waals surface area contributed by atoms with E-state index in [1.165, 1.54) is 19.3 Å². The Morgan fingerprint density at radius 3 is 2.83 bits per heavy atom. The summed E-state index contributed by atoms with van der Waals surface area (Å²) in [6, 6.07) is 4.47. The lowest BCUT2D eigenvalue weighted by molar-refractivity contribution is 0.171. The maximum atomic E-state index is 6.24. The Bertz CT molecular complexity index is 374. The first-order valence-corrected chi connectivity index (χ1v) is 7.04. The lowest BCUT2D eigenvalue weighted by Crippen LogP contribution is -2.41. The fourth-order valence-corrected chi connectivity index (χ4v) is 3.03. The molecule has 3 nitrogen and oxygen atoms in total. The molecule has 1 aromatic rings. The maximum Gasteiger partial charge on any atom is 0.118 e. The number of furan rings is 1. The summed E-state index contributed by atoms with van der Waals surface area (Å²) < 4.78 is 5.62. The van der Waals surface area contributed by atoms with Gasteiger partial charge in [0.15, 0.2) is 0 Å². The van der Waals surface area contributed by atoms with Crippen LogP contribution in [-0.2, 0) is 6.54 Å². The van der Waals surface area contributed by atoms with E-state index < -0.39 is 0 Å². The Morgan fingerprint density at radius 1 is 1.39 bits per heavy atom. The molecule has 102 valence electrons. The summed E-state index contributed by atoms with van der Waals surface area (Å²) in [6.45, 7) is 6.29. The Hall–Kier alpha value is -0.800. The van der Waals surface area contributed by atoms with E-state index in [2.05, 4.69) is 24.9 Å². The molecule has 1 aromatic heterocycles. The van der Waals surface area contributed by atoms with Gasteiger partial charge in [-0.2, -0.15) is 0 Å². The zero-order chi connectivity index (χ0) is 13.1. The van der Waals surface area contributed by atoms with Crippen molar-refractivity contribution < 1.29 is 4.42 Å². The largest absolute Gasteiger partial charge is 0.465 e. The van der Waals surface area contributed by atoms with E-state index in [9.17, 15) is 0 Å². The molecule has 1 aliphatic carbocycles. The predicted molar refractivity (Wildman–Crippen MR) is 74.3 cm³/mol. The first kappa shape index (κ1) is 13.6. The highest BCUT2D eigenvalue weighted by Crippen LogP contribution is 2.28. The molecule has 0 radical (unpaired) electrons. The van der Waals surface area contributed by atoms with E-state index in [0.717, 1.165) is 30.5 Å². The molecule has 2 N–H and O–H groups in total. The minimum Gasteiger partial charge on any atom is -0.465 e. The number of nitrogens with zero attached hydrogens (tertiary/aromatic N) is 1. The van der Waals surface area contributed by atoms with Crippen LogP contribution in [0, 0.1) is 18.8 Å². The zero-order valence-corrected chi connectivity index (χ0v) is 11.9. The molecule has 1 heterocycles. The lowest BCUT2D eigenvalue weighted by Gasteiger charge is -2.34. The van der Waals surface area contributed by atoms with Crippen molar-refractivity contribution in [2.24, 2.45) is 17.6 Å². The molecule has 3 heteroatoms. The van der Waals surface area contributed by atoms with Crippen LogP contribution in [-0.4, -0.2) is 24.5 Å². The predicted octanol–water partition coefficient (Wildman–Crippen LogP) is 2.78. The average Bonchev–Trinajstić information content (AvgIpc) is 2.69. The SMILES string of the molecule is Cc1ccc(CN(C)CC2CC(C)CCC2N)o1. The van der Waals surface area contributed by atoms with Gasteiger partial charge >= 0.3 is 0 Å². The van der Waals surface area contributed by atoms with Crippen molar-refractivity contribution in [2.75, 3.05) is 13.6 Å². The van der Waals surface area contributed by atoms with E-state index in [4.69, 9.17) is 10.2 Å². The molecule has 0 bridgehead atoms. The molecule has 0 spiro atoms. The summed E-state index contributed by atoms with van der Waals surface area (Å²) in [7, 11) is 2.16. The van der Waals surface area contributed by atoms with Crippen molar-refractivity contribution in [1.29, 1.82) is 0 Å². The Morgan fingerprint density at radius 2 is 2.17 bits per heavy atom. The van der Waals surface area contributed by atoms with Gasteiger partial charge in [-0.25, -0.2) is 0 Å². The van der Waals surface area contributed by atoms with Crippen LogP contribution in [0.15, 0.2) is 16.5 Å². The molecule has 0 aliphatic heterocycles. The summed E-state index contributed by atoms with van der Waals surface area (Å²) in [5.74, 6) is 3.50. The van der Waals surface area contributed by atoms with Gasteiger partial charge in [0.25, 0.3) is 0 Å². The molecule has 3 unspecified atom stereocenters. The molecule has 2 rings (SSSR count). The molecular weight excluding hydrogens is 224 g/mol. The van der Waals surface area contributed by atoms with Gasteiger partial charge in [0.1, 0.15) is 11.5 Å². The third kappa shape index (κ3) is 3.59. The molecule has 0 saturated heterocycles. The van der Waals surface area contributed by atoms with E-state index in [-0.39, 0.29) is 0 Å². The summed E-state index contributed by atoms with van der Waals surface area (Å²) in [4.78, 5) is 2.33. The normalized spacial score (nSPS) is 28.8. The van der Waals surface area contributed by atoms with Gasteiger partial charge in [0.2, 0.25) is 0 Å². The smallest absolute Gasteiger partial charge is 0.118 e. The van der Waals surface area contributed by atoms with Gasteiger partial charge in [-0.05, 0) is 57.2 Å². The second kappa shape index (κ2) is 5.89. The second-order valence-corrected chi connectivity index (χ2v) is 6.05. The fourth-order valence-electron chi connectivity index (χ4n) is 3.03. The van der Waals surface area contributed by atoms with E-state index in [1.54, 1.807) is 0 Å². The molecule has 18 heavy (non-hydrogen) atoms. The fraction of sp³-hybridized carbons (Fsp3) is 0.733. The highest BCUT2D eigenvalue weighted by Gasteiger charge is 2.26. The molecule has 3 atom stereocenters. The van der Waals surface area contributed by atoms with Crippen LogP contribution in [0.2, 0.25) is 0 Å². The van der Waals surface area contributed by atoms with Crippen LogP contribution >= 0.6 is 0 Å². The summed E-state index contributed by atoms with van der Waals surface area (Å²) in [6.07, 6.45) is 3.74. The van der Waals surface area contributed by atoms with Gasteiger partial charge in [-0.3, -0.25) is 4.90 Å². The average molecular weight is 250 g/mol. The first-order chi connectivity index (χ1) is 8.54. The van der Waals surface area contributed by atoms with Crippen LogP contribution < -0.4 is 5.73 Å². The molecule has 0 amide bonds. The number of hydrogen-bond acceptors (Lipinski definition) is 3. The molecular formula is C15H26N2O. The highest BCUT2D eigenvalue weighted by atomic mass is 16.3. The monoisotopic (exact) mass is 250 g/mol. The van der Waals surface area contributed by atoms with Crippen LogP contribution in [0.3, 0.4) is 0 Å². The Balaban J connectivity index is 1.84. The zero-order valence-electron chi connectivity index (χ0n) is 11.9. The molecule has 0 aromatic carbocycles. The molecule has 1 aliphatic rings. The van der Waals surface area contributed by atoms with Crippen LogP contribution in [0.5, 0.6) is 0 Å². The van der Waals surface area contributed by atoms with Crippen molar-refractivity contribution in [3.63, 3.8) is 0 Å². The quantitative estimate of drug-likeness (QED) is 0.893. The van der Waals surface area contributed by atoms with Crippen LogP contribution in [0.25, 0.3) is 0 Å². The summed E-state index contributed by atoms with van der Waals surface area (Å²) in [5.41, 5.74) is 6.24. The van der Waals surface area contributed by atoms with E-state index in [1.807, 2.05) is 13.0 Å². The minimum atomic E-state index is 0.377. The Kier molecular flexibility index (Phi) is 4.46. The van der Waals surface area contributed by atoms with Gasteiger partial charge in [-0.15, -0.1) is 0 Å². The summed E-state index contributed by atoms with van der Waals surface area (Å²) in [5, 5.41) is 0. The third-order valence-electron chi connectivity index (χ3n) is 4.07. The number of nitrogens with two attached hydrogens (primary N) is 1. The van der Waals surface area contributed by atoms with Gasteiger partial charge in [0.05, 0.1) is 6.54 Å².